The van der Waals surface area contributed by atoms with Crippen LogP contribution in [0.25, 0.3) is 0 Å². The van der Waals surface area contributed by atoms with Gasteiger partial charge in [-0.25, -0.2) is 4.79 Å². The summed E-state index contributed by atoms with van der Waals surface area (Å²) in [5, 5.41) is 19.1. The van der Waals surface area contributed by atoms with Crippen LogP contribution in [0, 0.1) is 10.1 Å². The lowest BCUT2D eigenvalue weighted by molar-refractivity contribution is -0.384. The first-order valence-corrected chi connectivity index (χ1v) is 8.63. The number of rotatable bonds is 4. The lowest BCUT2D eigenvalue weighted by Gasteiger charge is -2.29. The lowest BCUT2D eigenvalue weighted by Crippen LogP contribution is -2.25. The van der Waals surface area contributed by atoms with Gasteiger partial charge < -0.3 is 10.1 Å². The van der Waals surface area contributed by atoms with Gasteiger partial charge in [-0.05, 0) is 18.4 Å². The Kier molecular flexibility index (Phi) is 4.73. The number of nitrogens with zero attached hydrogens (tertiary/aromatic N) is 3. The molecule has 1 aliphatic rings. The molecule has 8 heteroatoms. The molecule has 1 aromatic carbocycles. The number of hydrogen-bond acceptors (Lipinski definition) is 6. The Morgan fingerprint density at radius 3 is 2.70 bits per heavy atom. The van der Waals surface area contributed by atoms with Crippen LogP contribution in [-0.4, -0.2) is 27.8 Å². The van der Waals surface area contributed by atoms with Crippen molar-refractivity contribution in [3.63, 3.8) is 0 Å². The van der Waals surface area contributed by atoms with Gasteiger partial charge >= 0.3 is 5.97 Å². The summed E-state index contributed by atoms with van der Waals surface area (Å²) >= 11 is 0. The number of ether oxygens (including phenoxy) is 1. The van der Waals surface area contributed by atoms with Crippen LogP contribution in [0.2, 0.25) is 0 Å². The van der Waals surface area contributed by atoms with E-state index >= 15 is 0 Å². The molecular formula is C19H22N4O4. The number of aromatic nitrogens is 2. The summed E-state index contributed by atoms with van der Waals surface area (Å²) in [4.78, 5) is 23.4. The molecule has 0 amide bonds. The van der Waals surface area contributed by atoms with Crippen molar-refractivity contribution in [3.05, 3.63) is 62.5 Å². The number of hydrogen-bond donors (Lipinski definition) is 1. The van der Waals surface area contributed by atoms with Gasteiger partial charge in [-0.2, -0.15) is 5.10 Å². The average Bonchev–Trinajstić information content (AvgIpc) is 2.96. The molecule has 0 saturated carbocycles. The van der Waals surface area contributed by atoms with Gasteiger partial charge in [0.1, 0.15) is 5.82 Å². The molecule has 0 bridgehead atoms. The van der Waals surface area contributed by atoms with Gasteiger partial charge in [-0.15, -0.1) is 0 Å². The number of nitro groups is 1. The van der Waals surface area contributed by atoms with Gasteiger partial charge in [-0.3, -0.25) is 14.8 Å². The molecule has 0 fully saturated rings. The van der Waals surface area contributed by atoms with E-state index in [2.05, 4.69) is 10.4 Å². The summed E-state index contributed by atoms with van der Waals surface area (Å²) in [5.74, 6) is -0.0824. The van der Waals surface area contributed by atoms with E-state index in [9.17, 15) is 14.9 Å². The number of aryl methyl sites for hydroxylation is 1. The number of nitrogens with one attached hydrogen (secondary N) is 1. The summed E-state index contributed by atoms with van der Waals surface area (Å²) in [5.41, 5.74) is 3.39. The first kappa shape index (κ1) is 18.6. The third kappa shape index (κ3) is 3.07. The van der Waals surface area contributed by atoms with Crippen LogP contribution < -0.4 is 5.32 Å². The number of carbonyl (C=O) groups is 1. The summed E-state index contributed by atoms with van der Waals surface area (Å²) in [6.45, 7) is 5.84. The minimum absolute atomic E-state index is 0.0237. The van der Waals surface area contributed by atoms with Crippen molar-refractivity contribution in [3.8, 4) is 0 Å². The van der Waals surface area contributed by atoms with Crippen molar-refractivity contribution >= 4 is 17.5 Å². The molecule has 1 N–H and O–H groups in total. The molecule has 27 heavy (non-hydrogen) atoms. The molecule has 142 valence electrons. The lowest BCUT2D eigenvalue weighted by atomic mass is 9.80. The molecule has 3 rings (SSSR count). The first-order valence-electron chi connectivity index (χ1n) is 8.63. The van der Waals surface area contributed by atoms with E-state index in [1.165, 1.54) is 19.2 Å². The normalized spacial score (nSPS) is 16.1. The Morgan fingerprint density at radius 1 is 1.41 bits per heavy atom. The van der Waals surface area contributed by atoms with E-state index in [1.54, 1.807) is 23.7 Å². The quantitative estimate of drug-likeness (QED) is 0.503. The highest BCUT2D eigenvalue weighted by Gasteiger charge is 2.38. The molecule has 1 aliphatic heterocycles. The third-order valence-corrected chi connectivity index (χ3v) is 4.77. The number of anilines is 1. The average molecular weight is 370 g/mol. The monoisotopic (exact) mass is 370 g/mol. The molecule has 0 spiro atoms. The van der Waals surface area contributed by atoms with Gasteiger partial charge in [0.05, 0.1) is 23.3 Å². The number of methoxy groups -OCH3 is 1. The van der Waals surface area contributed by atoms with Crippen LogP contribution in [0.5, 0.6) is 0 Å². The molecule has 0 aliphatic carbocycles. The molecule has 8 nitrogen and oxygen atoms in total. The Hall–Kier alpha value is -3.16. The van der Waals surface area contributed by atoms with Crippen molar-refractivity contribution < 1.29 is 14.5 Å². The Labute approximate surface area is 157 Å². The van der Waals surface area contributed by atoms with Crippen molar-refractivity contribution in [2.45, 2.75) is 32.6 Å². The second-order valence-electron chi connectivity index (χ2n) is 6.87. The summed E-state index contributed by atoms with van der Waals surface area (Å²) in [6.07, 6.45) is 0. The van der Waals surface area contributed by atoms with Gasteiger partial charge in [0.2, 0.25) is 0 Å². The minimum atomic E-state index is -0.500. The molecule has 1 aromatic heterocycles. The number of allylic oxidation sites excluding steroid dienone is 1. The molecule has 0 saturated heterocycles. The number of non-ortho nitro benzene ring substituents is 1. The highest BCUT2D eigenvalue weighted by atomic mass is 16.6. The standard InChI is InChI=1S/C19H22N4O4/c1-10(2)17-16-15(12-7-6-8-13(9-12)23(25)26)14(19(24)27-5)11(3)20-18(16)22(4)21-17/h6-10,15,20H,1-5H3. The van der Waals surface area contributed by atoms with Crippen molar-refractivity contribution in [2.75, 3.05) is 12.4 Å². The fourth-order valence-corrected chi connectivity index (χ4v) is 3.56. The second-order valence-corrected chi connectivity index (χ2v) is 6.87. The zero-order valence-corrected chi connectivity index (χ0v) is 15.9. The summed E-state index contributed by atoms with van der Waals surface area (Å²) in [6, 6.07) is 6.37. The fraction of sp³-hybridized carbons (Fsp3) is 0.368. The van der Waals surface area contributed by atoms with E-state index in [0.717, 1.165) is 17.1 Å². The molecular weight excluding hydrogens is 348 g/mol. The SMILES string of the molecule is COC(=O)C1=C(C)Nc2c(c(C(C)C)nn2C)C1c1cccc([N+](=O)[O-])c1. The maximum absolute atomic E-state index is 12.6. The summed E-state index contributed by atoms with van der Waals surface area (Å²) in [7, 11) is 3.16. The maximum Gasteiger partial charge on any atom is 0.336 e. The van der Waals surface area contributed by atoms with E-state index < -0.39 is 16.8 Å². The van der Waals surface area contributed by atoms with Gasteiger partial charge in [0.15, 0.2) is 0 Å². The number of nitro benzene ring substituents is 1. The van der Waals surface area contributed by atoms with E-state index in [1.807, 2.05) is 20.9 Å². The highest BCUT2D eigenvalue weighted by Crippen LogP contribution is 2.45. The molecule has 2 aromatic rings. The van der Waals surface area contributed by atoms with Gasteiger partial charge in [0.25, 0.3) is 5.69 Å². The predicted octanol–water partition coefficient (Wildman–Crippen LogP) is 3.46. The van der Waals surface area contributed by atoms with Crippen molar-refractivity contribution in [2.24, 2.45) is 7.05 Å². The van der Waals surface area contributed by atoms with Gasteiger partial charge in [0, 0.05) is 36.4 Å². The number of benzene rings is 1. The topological polar surface area (TPSA) is 99.3 Å². The third-order valence-electron chi connectivity index (χ3n) is 4.77. The van der Waals surface area contributed by atoms with E-state index in [0.29, 0.717) is 16.8 Å². The Bertz CT molecular complexity index is 959. The smallest absolute Gasteiger partial charge is 0.336 e. The largest absolute Gasteiger partial charge is 0.466 e. The Balaban J connectivity index is 2.32. The molecule has 0 radical (unpaired) electrons. The summed E-state index contributed by atoms with van der Waals surface area (Å²) < 4.78 is 6.76. The number of fused-ring (bicyclic) bond motifs is 1. The van der Waals surface area contributed by atoms with Crippen LogP contribution in [0.1, 0.15) is 49.4 Å². The van der Waals surface area contributed by atoms with Crippen molar-refractivity contribution in [1.29, 1.82) is 0 Å². The van der Waals surface area contributed by atoms with Crippen LogP contribution in [0.15, 0.2) is 35.5 Å². The number of carbonyl (C=O) groups excluding carboxylic acids is 1. The number of esters is 1. The van der Waals surface area contributed by atoms with Crippen molar-refractivity contribution in [1.82, 2.24) is 9.78 Å². The fourth-order valence-electron chi connectivity index (χ4n) is 3.56. The predicted molar refractivity (Wildman–Crippen MR) is 101 cm³/mol. The molecule has 1 atom stereocenters. The second kappa shape index (κ2) is 6.86. The molecule has 1 unspecified atom stereocenters. The molecule has 2 heterocycles. The van der Waals surface area contributed by atoms with Crippen LogP contribution in [0.3, 0.4) is 0 Å². The van der Waals surface area contributed by atoms with Crippen LogP contribution in [-0.2, 0) is 16.6 Å². The van der Waals surface area contributed by atoms with Gasteiger partial charge in [-0.1, -0.05) is 26.0 Å². The maximum atomic E-state index is 12.6. The minimum Gasteiger partial charge on any atom is -0.466 e. The van der Waals surface area contributed by atoms with Crippen LogP contribution in [0.4, 0.5) is 11.5 Å². The van der Waals surface area contributed by atoms with E-state index in [4.69, 9.17) is 4.74 Å². The highest BCUT2D eigenvalue weighted by molar-refractivity contribution is 5.94. The van der Waals surface area contributed by atoms with Crippen LogP contribution >= 0.6 is 0 Å². The first-order chi connectivity index (χ1) is 12.8. The Morgan fingerprint density at radius 2 is 2.11 bits per heavy atom. The van der Waals surface area contributed by atoms with E-state index in [-0.39, 0.29) is 11.6 Å². The zero-order valence-electron chi connectivity index (χ0n) is 15.9. The zero-order chi connectivity index (χ0) is 19.9.